The van der Waals surface area contributed by atoms with Gasteiger partial charge < -0.3 is 4.74 Å². The molecule has 2 aliphatic rings. The SMILES string of the molecule is O=C1CCOC2(CCC(c3ccccc3)CC2)C1. The third-order valence-corrected chi connectivity index (χ3v) is 4.48. The molecule has 96 valence electrons. The van der Waals surface area contributed by atoms with Crippen molar-refractivity contribution in [2.45, 2.75) is 50.0 Å². The number of benzene rings is 1. The third kappa shape index (κ3) is 2.35. The van der Waals surface area contributed by atoms with E-state index >= 15 is 0 Å². The first-order valence-corrected chi connectivity index (χ1v) is 6.98. The molecule has 0 radical (unpaired) electrons. The van der Waals surface area contributed by atoms with Gasteiger partial charge in [-0.2, -0.15) is 0 Å². The maximum absolute atomic E-state index is 11.6. The van der Waals surface area contributed by atoms with Gasteiger partial charge in [0.2, 0.25) is 0 Å². The summed E-state index contributed by atoms with van der Waals surface area (Å²) in [6.07, 6.45) is 5.64. The van der Waals surface area contributed by atoms with Gasteiger partial charge in [-0.25, -0.2) is 0 Å². The highest BCUT2D eigenvalue weighted by atomic mass is 16.5. The molecule has 0 bridgehead atoms. The van der Waals surface area contributed by atoms with Crippen LogP contribution in [0.5, 0.6) is 0 Å². The molecular formula is C16H20O2. The van der Waals surface area contributed by atoms with E-state index in [2.05, 4.69) is 30.3 Å². The minimum atomic E-state index is -0.111. The number of carbonyl (C=O) groups excluding carboxylic acids is 1. The van der Waals surface area contributed by atoms with Crippen LogP contribution in [0.15, 0.2) is 30.3 Å². The molecule has 1 aliphatic carbocycles. The number of hydrogen-bond donors (Lipinski definition) is 0. The Morgan fingerprint density at radius 2 is 1.83 bits per heavy atom. The molecule has 2 heteroatoms. The molecule has 1 saturated heterocycles. The van der Waals surface area contributed by atoms with Crippen LogP contribution in [0.3, 0.4) is 0 Å². The van der Waals surface area contributed by atoms with Crippen molar-refractivity contribution in [3.63, 3.8) is 0 Å². The molecule has 1 aromatic carbocycles. The van der Waals surface area contributed by atoms with Crippen LogP contribution in [0.4, 0.5) is 0 Å². The molecule has 2 nitrogen and oxygen atoms in total. The number of carbonyl (C=O) groups is 1. The molecular weight excluding hydrogens is 224 g/mol. The molecule has 0 amide bonds. The van der Waals surface area contributed by atoms with Crippen LogP contribution in [-0.4, -0.2) is 18.0 Å². The van der Waals surface area contributed by atoms with Crippen molar-refractivity contribution >= 4 is 5.78 Å². The summed E-state index contributed by atoms with van der Waals surface area (Å²) >= 11 is 0. The Balaban J connectivity index is 1.66. The van der Waals surface area contributed by atoms with Gasteiger partial charge in [0.15, 0.2) is 0 Å². The summed E-state index contributed by atoms with van der Waals surface area (Å²) in [6, 6.07) is 10.7. The van der Waals surface area contributed by atoms with Crippen molar-refractivity contribution < 1.29 is 9.53 Å². The highest BCUT2D eigenvalue weighted by Gasteiger charge is 2.40. The van der Waals surface area contributed by atoms with Crippen molar-refractivity contribution in [3.05, 3.63) is 35.9 Å². The molecule has 0 aromatic heterocycles. The normalized spacial score (nSPS) is 32.7. The standard InChI is InChI=1S/C16H20O2/c17-15-8-11-18-16(12-15)9-6-14(7-10-16)13-4-2-1-3-5-13/h1-5,14H,6-12H2. The van der Waals surface area contributed by atoms with Crippen molar-refractivity contribution in [1.82, 2.24) is 0 Å². The molecule has 0 N–H and O–H groups in total. The van der Waals surface area contributed by atoms with Gasteiger partial charge in [-0.1, -0.05) is 30.3 Å². The average molecular weight is 244 g/mol. The predicted molar refractivity (Wildman–Crippen MR) is 70.6 cm³/mol. The zero-order chi connectivity index (χ0) is 12.4. The average Bonchev–Trinajstić information content (AvgIpc) is 2.40. The molecule has 3 rings (SSSR count). The quantitative estimate of drug-likeness (QED) is 0.756. The van der Waals surface area contributed by atoms with Crippen molar-refractivity contribution in [2.24, 2.45) is 0 Å². The molecule has 1 saturated carbocycles. The van der Waals surface area contributed by atoms with E-state index in [9.17, 15) is 4.79 Å². The second-order valence-corrected chi connectivity index (χ2v) is 5.68. The summed E-state index contributed by atoms with van der Waals surface area (Å²) < 4.78 is 5.94. The number of hydrogen-bond acceptors (Lipinski definition) is 2. The summed E-state index contributed by atoms with van der Waals surface area (Å²) in [5.74, 6) is 1.04. The second kappa shape index (κ2) is 4.85. The highest BCUT2D eigenvalue weighted by molar-refractivity contribution is 5.80. The minimum Gasteiger partial charge on any atom is -0.374 e. The molecule has 0 unspecified atom stereocenters. The maximum Gasteiger partial charge on any atom is 0.138 e. The topological polar surface area (TPSA) is 26.3 Å². The van der Waals surface area contributed by atoms with E-state index in [4.69, 9.17) is 4.74 Å². The molecule has 1 aliphatic heterocycles. The summed E-state index contributed by atoms with van der Waals surface area (Å²) in [5, 5.41) is 0. The zero-order valence-electron chi connectivity index (χ0n) is 10.7. The Morgan fingerprint density at radius 3 is 2.50 bits per heavy atom. The first kappa shape index (κ1) is 11.9. The van der Waals surface area contributed by atoms with E-state index in [0.717, 1.165) is 25.7 Å². The second-order valence-electron chi connectivity index (χ2n) is 5.68. The van der Waals surface area contributed by atoms with Crippen LogP contribution in [0.2, 0.25) is 0 Å². The van der Waals surface area contributed by atoms with E-state index in [-0.39, 0.29) is 5.60 Å². The van der Waals surface area contributed by atoms with Crippen LogP contribution in [0.25, 0.3) is 0 Å². The molecule has 2 fully saturated rings. The first-order valence-electron chi connectivity index (χ1n) is 6.98. The predicted octanol–water partition coefficient (Wildman–Crippen LogP) is 3.46. The molecule has 1 heterocycles. The Hall–Kier alpha value is -1.15. The lowest BCUT2D eigenvalue weighted by molar-refractivity contribution is -0.145. The van der Waals surface area contributed by atoms with Crippen LogP contribution in [0.1, 0.15) is 50.0 Å². The highest BCUT2D eigenvalue weighted by Crippen LogP contribution is 2.43. The Bertz CT molecular complexity index is 416. The van der Waals surface area contributed by atoms with Gasteiger partial charge in [0, 0.05) is 12.8 Å². The van der Waals surface area contributed by atoms with Crippen LogP contribution >= 0.6 is 0 Å². The minimum absolute atomic E-state index is 0.111. The maximum atomic E-state index is 11.6. The van der Waals surface area contributed by atoms with Crippen LogP contribution in [-0.2, 0) is 9.53 Å². The monoisotopic (exact) mass is 244 g/mol. The molecule has 18 heavy (non-hydrogen) atoms. The molecule has 1 aromatic rings. The van der Waals surface area contributed by atoms with Gasteiger partial charge in [0.05, 0.1) is 12.2 Å². The van der Waals surface area contributed by atoms with Crippen LogP contribution < -0.4 is 0 Å². The Kier molecular flexibility index (Phi) is 3.21. The third-order valence-electron chi connectivity index (χ3n) is 4.48. The number of Topliss-reactive ketones (excluding diaryl/α,β-unsaturated/α-hetero) is 1. The van der Waals surface area contributed by atoms with Crippen molar-refractivity contribution in [1.29, 1.82) is 0 Å². The van der Waals surface area contributed by atoms with E-state index in [1.165, 1.54) is 5.56 Å². The lowest BCUT2D eigenvalue weighted by atomic mass is 9.73. The summed E-state index contributed by atoms with van der Waals surface area (Å²) in [4.78, 5) is 11.6. The fourth-order valence-corrected chi connectivity index (χ4v) is 3.40. The van der Waals surface area contributed by atoms with Gasteiger partial charge in [-0.15, -0.1) is 0 Å². The number of ether oxygens (including phenoxy) is 1. The van der Waals surface area contributed by atoms with E-state index in [1.54, 1.807) is 0 Å². The van der Waals surface area contributed by atoms with Gasteiger partial charge in [0.25, 0.3) is 0 Å². The summed E-state index contributed by atoms with van der Waals surface area (Å²) in [5.41, 5.74) is 1.33. The zero-order valence-corrected chi connectivity index (χ0v) is 10.7. The van der Waals surface area contributed by atoms with Gasteiger partial charge >= 0.3 is 0 Å². The number of rotatable bonds is 1. The fraction of sp³-hybridized carbons (Fsp3) is 0.562. The fourth-order valence-electron chi connectivity index (χ4n) is 3.40. The summed E-state index contributed by atoms with van der Waals surface area (Å²) in [6.45, 7) is 0.634. The number of ketones is 1. The van der Waals surface area contributed by atoms with E-state index in [1.807, 2.05) is 0 Å². The smallest absolute Gasteiger partial charge is 0.138 e. The van der Waals surface area contributed by atoms with Gasteiger partial charge in [0.1, 0.15) is 5.78 Å². The molecule has 1 spiro atoms. The van der Waals surface area contributed by atoms with Crippen molar-refractivity contribution in [2.75, 3.05) is 6.61 Å². The van der Waals surface area contributed by atoms with E-state index < -0.39 is 0 Å². The lowest BCUT2D eigenvalue weighted by Crippen LogP contribution is -2.42. The summed E-state index contributed by atoms with van der Waals surface area (Å²) in [7, 11) is 0. The van der Waals surface area contributed by atoms with Crippen LogP contribution in [0, 0.1) is 0 Å². The van der Waals surface area contributed by atoms with Gasteiger partial charge in [-0.05, 0) is 37.2 Å². The largest absolute Gasteiger partial charge is 0.374 e. The Labute approximate surface area is 108 Å². The van der Waals surface area contributed by atoms with Crippen molar-refractivity contribution in [3.8, 4) is 0 Å². The lowest BCUT2D eigenvalue weighted by Gasteiger charge is -2.42. The molecule has 0 atom stereocenters. The first-order chi connectivity index (χ1) is 8.77. The van der Waals surface area contributed by atoms with Gasteiger partial charge in [-0.3, -0.25) is 4.79 Å². The Morgan fingerprint density at radius 1 is 1.11 bits per heavy atom. The van der Waals surface area contributed by atoms with E-state index in [0.29, 0.717) is 31.1 Å².